The fourth-order valence-corrected chi connectivity index (χ4v) is 7.64. The van der Waals surface area contributed by atoms with Gasteiger partial charge in [0.25, 0.3) is 0 Å². The van der Waals surface area contributed by atoms with Gasteiger partial charge >= 0.3 is 0 Å². The summed E-state index contributed by atoms with van der Waals surface area (Å²) in [6, 6.07) is 53.7. The number of nitrogens with zero attached hydrogens (tertiary/aromatic N) is 4. The van der Waals surface area contributed by atoms with Crippen molar-refractivity contribution in [2.24, 2.45) is 4.99 Å². The van der Waals surface area contributed by atoms with Crippen molar-refractivity contribution in [2.75, 3.05) is 4.90 Å². The fourth-order valence-electron chi connectivity index (χ4n) is 7.64. The van der Waals surface area contributed by atoms with Crippen molar-refractivity contribution in [3.63, 3.8) is 0 Å². The SMILES string of the molecule is c1ccc(C2NC(n3c4ccccc4c4ccc5c(c43)-c3cnccc3-c3ccccc3N5c3ccccc3)=Nc3ccccc32)cc1. The van der Waals surface area contributed by atoms with Crippen LogP contribution in [0.1, 0.15) is 17.2 Å². The highest BCUT2D eigenvalue weighted by molar-refractivity contribution is 6.22. The smallest absolute Gasteiger partial charge is 0.209 e. The van der Waals surface area contributed by atoms with Gasteiger partial charge in [0.05, 0.1) is 34.1 Å². The minimum absolute atomic E-state index is 0.0625. The molecule has 2 aromatic heterocycles. The van der Waals surface area contributed by atoms with Gasteiger partial charge in [-0.3, -0.25) is 9.55 Å². The highest BCUT2D eigenvalue weighted by Crippen LogP contribution is 2.53. The van der Waals surface area contributed by atoms with Crippen LogP contribution in [0.2, 0.25) is 0 Å². The number of aliphatic imine (C=N–C) groups is 1. The minimum atomic E-state index is -0.0625. The quantitative estimate of drug-likeness (QED) is 0.210. The number of nitrogens with one attached hydrogen (secondary N) is 1. The Morgan fingerprint density at radius 1 is 0.562 bits per heavy atom. The minimum Gasteiger partial charge on any atom is -0.344 e. The molecule has 5 heteroatoms. The van der Waals surface area contributed by atoms with E-state index in [1.807, 2.05) is 12.4 Å². The van der Waals surface area contributed by atoms with Crippen molar-refractivity contribution in [2.45, 2.75) is 6.04 Å². The molecule has 2 aliphatic rings. The van der Waals surface area contributed by atoms with Crippen LogP contribution in [0.5, 0.6) is 0 Å². The predicted molar refractivity (Wildman–Crippen MR) is 197 cm³/mol. The van der Waals surface area contributed by atoms with E-state index < -0.39 is 0 Å². The van der Waals surface area contributed by atoms with Crippen molar-refractivity contribution in [1.82, 2.24) is 14.9 Å². The van der Waals surface area contributed by atoms with Crippen LogP contribution in [0.4, 0.5) is 22.7 Å². The summed E-state index contributed by atoms with van der Waals surface area (Å²) in [6.45, 7) is 0. The Hall–Kier alpha value is -6.46. The van der Waals surface area contributed by atoms with Gasteiger partial charge in [0, 0.05) is 51.1 Å². The largest absolute Gasteiger partial charge is 0.344 e. The van der Waals surface area contributed by atoms with E-state index in [1.54, 1.807) is 0 Å². The average molecular weight is 616 g/mol. The number of fused-ring (bicyclic) bond motifs is 10. The van der Waals surface area contributed by atoms with Crippen LogP contribution in [-0.2, 0) is 0 Å². The van der Waals surface area contributed by atoms with Crippen LogP contribution < -0.4 is 10.2 Å². The molecule has 1 N–H and O–H groups in total. The molecule has 0 saturated carbocycles. The molecule has 226 valence electrons. The van der Waals surface area contributed by atoms with Crippen LogP contribution in [-0.4, -0.2) is 15.5 Å². The molecule has 0 aliphatic carbocycles. The van der Waals surface area contributed by atoms with E-state index in [1.165, 1.54) is 10.9 Å². The lowest BCUT2D eigenvalue weighted by Gasteiger charge is -2.30. The molecule has 2 aliphatic heterocycles. The standard InChI is InChI=1S/C43H29N5/c1-3-13-28(14-4-1)41-34-19-7-10-20-36(34)45-43(46-41)48-38-22-12-9-18-32(38)33-23-24-39-40(42(33)48)35-27-44-26-25-30(35)31-17-8-11-21-37(31)47(39)29-15-5-2-6-16-29/h1-27,41H,(H,45,46). The molecule has 0 saturated heterocycles. The zero-order valence-corrected chi connectivity index (χ0v) is 26.0. The maximum Gasteiger partial charge on any atom is 0.209 e. The molecule has 48 heavy (non-hydrogen) atoms. The molecule has 8 aromatic rings. The van der Waals surface area contributed by atoms with Gasteiger partial charge in [0.1, 0.15) is 0 Å². The summed E-state index contributed by atoms with van der Waals surface area (Å²) in [5.41, 5.74) is 13.3. The number of hydrogen-bond donors (Lipinski definition) is 1. The van der Waals surface area contributed by atoms with Crippen LogP contribution in [0.3, 0.4) is 0 Å². The van der Waals surface area contributed by atoms with Crippen LogP contribution in [0.15, 0.2) is 169 Å². The first-order valence-corrected chi connectivity index (χ1v) is 16.3. The third-order valence-corrected chi connectivity index (χ3v) is 9.69. The lowest BCUT2D eigenvalue weighted by Crippen LogP contribution is -2.36. The first-order chi connectivity index (χ1) is 23.8. The monoisotopic (exact) mass is 615 g/mol. The number of pyridine rings is 1. The number of anilines is 3. The van der Waals surface area contributed by atoms with E-state index in [-0.39, 0.29) is 6.04 Å². The third kappa shape index (κ3) is 3.91. The van der Waals surface area contributed by atoms with E-state index >= 15 is 0 Å². The fraction of sp³-hybridized carbons (Fsp3) is 0.0233. The lowest BCUT2D eigenvalue weighted by molar-refractivity contribution is 0.731. The van der Waals surface area contributed by atoms with Crippen molar-refractivity contribution in [3.05, 3.63) is 175 Å². The van der Waals surface area contributed by atoms with Crippen LogP contribution in [0, 0.1) is 0 Å². The van der Waals surface area contributed by atoms with Gasteiger partial charge in [0.15, 0.2) is 0 Å². The van der Waals surface area contributed by atoms with Gasteiger partial charge in [-0.05, 0) is 53.6 Å². The summed E-state index contributed by atoms with van der Waals surface area (Å²) >= 11 is 0. The number of hydrogen-bond acceptors (Lipinski definition) is 4. The molecule has 1 atom stereocenters. The Bertz CT molecular complexity index is 2550. The number of para-hydroxylation sites is 4. The second kappa shape index (κ2) is 10.5. The van der Waals surface area contributed by atoms with Crippen LogP contribution >= 0.6 is 0 Å². The molecule has 1 unspecified atom stereocenters. The number of benzene rings is 6. The summed E-state index contributed by atoms with van der Waals surface area (Å²) in [6.07, 6.45) is 3.93. The van der Waals surface area contributed by atoms with E-state index in [0.717, 1.165) is 72.9 Å². The van der Waals surface area contributed by atoms with E-state index in [4.69, 9.17) is 9.98 Å². The summed E-state index contributed by atoms with van der Waals surface area (Å²) in [7, 11) is 0. The Balaban J connectivity index is 1.34. The van der Waals surface area contributed by atoms with Gasteiger partial charge in [-0.2, -0.15) is 0 Å². The third-order valence-electron chi connectivity index (χ3n) is 9.69. The van der Waals surface area contributed by atoms with Gasteiger partial charge in [0.2, 0.25) is 5.96 Å². The highest BCUT2D eigenvalue weighted by Gasteiger charge is 2.32. The molecule has 4 heterocycles. The molecule has 0 bridgehead atoms. The van der Waals surface area contributed by atoms with Gasteiger partial charge in [-0.25, -0.2) is 4.99 Å². The maximum absolute atomic E-state index is 5.35. The molecule has 0 radical (unpaired) electrons. The zero-order valence-electron chi connectivity index (χ0n) is 26.0. The Kier molecular flexibility index (Phi) is 5.87. The predicted octanol–water partition coefficient (Wildman–Crippen LogP) is 10.5. The Morgan fingerprint density at radius 2 is 1.31 bits per heavy atom. The van der Waals surface area contributed by atoms with Gasteiger partial charge < -0.3 is 10.2 Å². The lowest BCUT2D eigenvalue weighted by atomic mass is 9.95. The molecule has 6 aromatic carbocycles. The van der Waals surface area contributed by atoms with E-state index in [9.17, 15) is 0 Å². The Labute approximate surface area is 278 Å². The topological polar surface area (TPSA) is 45.5 Å². The second-order valence-electron chi connectivity index (χ2n) is 12.3. The maximum atomic E-state index is 5.35. The van der Waals surface area contributed by atoms with E-state index in [2.05, 4.69) is 166 Å². The summed E-state index contributed by atoms with van der Waals surface area (Å²) in [4.78, 5) is 12.5. The summed E-state index contributed by atoms with van der Waals surface area (Å²) < 4.78 is 2.34. The van der Waals surface area contributed by atoms with Crippen molar-refractivity contribution < 1.29 is 0 Å². The summed E-state index contributed by atoms with van der Waals surface area (Å²) in [5.74, 6) is 0.792. The van der Waals surface area contributed by atoms with Crippen LogP contribution in [0.25, 0.3) is 44.1 Å². The molecule has 10 rings (SSSR count). The number of rotatable bonds is 2. The normalized spacial score (nSPS) is 14.7. The van der Waals surface area contributed by atoms with Crippen molar-refractivity contribution in [1.29, 1.82) is 0 Å². The Morgan fingerprint density at radius 3 is 2.21 bits per heavy atom. The van der Waals surface area contributed by atoms with Gasteiger partial charge in [-0.1, -0.05) is 109 Å². The van der Waals surface area contributed by atoms with Gasteiger partial charge in [-0.15, -0.1) is 0 Å². The molecule has 0 fully saturated rings. The van der Waals surface area contributed by atoms with Crippen molar-refractivity contribution >= 4 is 50.5 Å². The number of aromatic nitrogens is 2. The zero-order chi connectivity index (χ0) is 31.6. The molecular weight excluding hydrogens is 587 g/mol. The molecule has 0 spiro atoms. The first-order valence-electron chi connectivity index (χ1n) is 16.3. The molecular formula is C43H29N5. The highest BCUT2D eigenvalue weighted by atomic mass is 15.2. The molecule has 5 nitrogen and oxygen atoms in total. The average Bonchev–Trinajstić information content (AvgIpc) is 3.43. The second-order valence-corrected chi connectivity index (χ2v) is 12.3. The molecule has 0 amide bonds. The first kappa shape index (κ1) is 26.7. The van der Waals surface area contributed by atoms with Crippen molar-refractivity contribution in [3.8, 4) is 22.3 Å². The van der Waals surface area contributed by atoms with E-state index in [0.29, 0.717) is 0 Å². The summed E-state index contributed by atoms with van der Waals surface area (Å²) in [5, 5.41) is 6.24.